The average molecular weight is 315 g/mol. The number of hydrogen-bond acceptors (Lipinski definition) is 1. The smallest absolute Gasteiger partial charge is 0.123 e. The predicted molar refractivity (Wildman–Crippen MR) is 74.8 cm³/mol. The number of aliphatic hydroxyl groups excluding tert-OH is 1. The molecule has 1 N–H and O–H groups in total. The first-order valence-corrected chi connectivity index (χ1v) is 7.55. The molecule has 1 aliphatic rings. The third-order valence-electron chi connectivity index (χ3n) is 4.17. The fourth-order valence-electron chi connectivity index (χ4n) is 3.13. The van der Waals surface area contributed by atoms with Gasteiger partial charge in [0.05, 0.1) is 6.10 Å². The van der Waals surface area contributed by atoms with Gasteiger partial charge in [-0.25, -0.2) is 4.39 Å². The summed E-state index contributed by atoms with van der Waals surface area (Å²) in [6, 6.07) is 4.55. The van der Waals surface area contributed by atoms with Crippen molar-refractivity contribution < 1.29 is 9.50 Å². The van der Waals surface area contributed by atoms with Crippen molar-refractivity contribution in [2.24, 2.45) is 11.8 Å². The second kappa shape index (κ2) is 6.16. The molecule has 0 aliphatic heterocycles. The lowest BCUT2D eigenvalue weighted by Gasteiger charge is -2.34. The van der Waals surface area contributed by atoms with Crippen LogP contribution >= 0.6 is 15.9 Å². The second-order valence-electron chi connectivity index (χ2n) is 5.23. The van der Waals surface area contributed by atoms with Gasteiger partial charge in [0, 0.05) is 4.47 Å². The Morgan fingerprint density at radius 1 is 1.39 bits per heavy atom. The highest BCUT2D eigenvalue weighted by Gasteiger charge is 2.31. The summed E-state index contributed by atoms with van der Waals surface area (Å²) >= 11 is 3.41. The van der Waals surface area contributed by atoms with E-state index in [1.807, 2.05) is 0 Å². The largest absolute Gasteiger partial charge is 0.388 e. The Bertz CT molecular complexity index is 407. The molecule has 3 atom stereocenters. The van der Waals surface area contributed by atoms with Gasteiger partial charge in [0.2, 0.25) is 0 Å². The molecule has 0 radical (unpaired) electrons. The molecule has 3 heteroatoms. The third kappa shape index (κ3) is 2.94. The van der Waals surface area contributed by atoms with Crippen LogP contribution in [0, 0.1) is 17.7 Å². The van der Waals surface area contributed by atoms with Gasteiger partial charge in [0.15, 0.2) is 0 Å². The molecule has 2 rings (SSSR count). The van der Waals surface area contributed by atoms with Crippen molar-refractivity contribution in [2.75, 3.05) is 0 Å². The predicted octanol–water partition coefficient (Wildman–Crippen LogP) is 4.84. The van der Waals surface area contributed by atoms with E-state index in [9.17, 15) is 9.50 Å². The monoisotopic (exact) mass is 314 g/mol. The van der Waals surface area contributed by atoms with Gasteiger partial charge in [-0.3, -0.25) is 0 Å². The van der Waals surface area contributed by atoms with Crippen LogP contribution in [-0.2, 0) is 0 Å². The highest BCUT2D eigenvalue weighted by molar-refractivity contribution is 9.10. The molecule has 1 saturated carbocycles. The van der Waals surface area contributed by atoms with E-state index in [0.717, 1.165) is 17.3 Å². The summed E-state index contributed by atoms with van der Waals surface area (Å²) in [4.78, 5) is 0. The van der Waals surface area contributed by atoms with E-state index < -0.39 is 6.10 Å². The number of hydrogen-bond donors (Lipinski definition) is 1. The lowest BCUT2D eigenvalue weighted by Crippen LogP contribution is -2.25. The summed E-state index contributed by atoms with van der Waals surface area (Å²) in [5, 5.41) is 10.6. The first-order valence-electron chi connectivity index (χ1n) is 6.76. The van der Waals surface area contributed by atoms with E-state index >= 15 is 0 Å². The van der Waals surface area contributed by atoms with Crippen molar-refractivity contribution in [3.05, 3.63) is 34.1 Å². The second-order valence-corrected chi connectivity index (χ2v) is 6.08. The maximum absolute atomic E-state index is 13.3. The Kier molecular flexibility index (Phi) is 4.79. The zero-order valence-electron chi connectivity index (χ0n) is 10.7. The number of aliphatic hydroxyl groups is 1. The van der Waals surface area contributed by atoms with E-state index in [1.54, 1.807) is 6.07 Å². The third-order valence-corrected chi connectivity index (χ3v) is 4.90. The summed E-state index contributed by atoms with van der Waals surface area (Å²) in [7, 11) is 0. The Balaban J connectivity index is 2.23. The number of benzene rings is 1. The summed E-state index contributed by atoms with van der Waals surface area (Å²) in [5.74, 6) is 0.543. The van der Waals surface area contributed by atoms with E-state index in [0.29, 0.717) is 11.5 Å². The standard InChI is InChI=1S/C15H20BrFO/c1-2-10-5-3-4-6-12(10)15(18)13-9-11(17)7-8-14(13)16/h7-10,12,15,18H,2-6H2,1H3. The molecule has 100 valence electrons. The molecular weight excluding hydrogens is 295 g/mol. The zero-order chi connectivity index (χ0) is 13.1. The van der Waals surface area contributed by atoms with E-state index in [2.05, 4.69) is 22.9 Å². The molecule has 1 aliphatic carbocycles. The average Bonchev–Trinajstić information content (AvgIpc) is 2.40. The maximum Gasteiger partial charge on any atom is 0.123 e. The summed E-state index contributed by atoms with van der Waals surface area (Å²) in [6.07, 6.45) is 5.19. The summed E-state index contributed by atoms with van der Waals surface area (Å²) in [5.41, 5.74) is 0.695. The van der Waals surface area contributed by atoms with E-state index in [-0.39, 0.29) is 11.7 Å². The minimum Gasteiger partial charge on any atom is -0.388 e. The highest BCUT2D eigenvalue weighted by atomic mass is 79.9. The van der Waals surface area contributed by atoms with Crippen LogP contribution in [0.4, 0.5) is 4.39 Å². The molecule has 0 aromatic heterocycles. The topological polar surface area (TPSA) is 20.2 Å². The maximum atomic E-state index is 13.3. The fourth-order valence-corrected chi connectivity index (χ4v) is 3.61. The van der Waals surface area contributed by atoms with Gasteiger partial charge in [-0.2, -0.15) is 0 Å². The first kappa shape index (κ1) is 14.0. The molecule has 1 fully saturated rings. The summed E-state index contributed by atoms with van der Waals surface area (Å²) < 4.78 is 14.1. The van der Waals surface area contributed by atoms with Crippen LogP contribution in [0.1, 0.15) is 50.7 Å². The highest BCUT2D eigenvalue weighted by Crippen LogP contribution is 2.41. The van der Waals surface area contributed by atoms with Crippen molar-refractivity contribution in [1.82, 2.24) is 0 Å². The minimum atomic E-state index is -0.555. The SMILES string of the molecule is CCC1CCCCC1C(O)c1cc(F)ccc1Br. The minimum absolute atomic E-state index is 0.266. The van der Waals surface area contributed by atoms with Gasteiger partial charge < -0.3 is 5.11 Å². The Hall–Kier alpha value is -0.410. The van der Waals surface area contributed by atoms with E-state index in [4.69, 9.17) is 0 Å². The van der Waals surface area contributed by atoms with Crippen LogP contribution in [0.2, 0.25) is 0 Å². The zero-order valence-corrected chi connectivity index (χ0v) is 12.3. The molecule has 0 bridgehead atoms. The van der Waals surface area contributed by atoms with Gasteiger partial charge in [0.25, 0.3) is 0 Å². The van der Waals surface area contributed by atoms with Crippen LogP contribution < -0.4 is 0 Å². The van der Waals surface area contributed by atoms with Crippen molar-refractivity contribution in [2.45, 2.75) is 45.1 Å². The van der Waals surface area contributed by atoms with Gasteiger partial charge in [-0.15, -0.1) is 0 Å². The van der Waals surface area contributed by atoms with Crippen LogP contribution in [0.5, 0.6) is 0 Å². The fraction of sp³-hybridized carbons (Fsp3) is 0.600. The van der Waals surface area contributed by atoms with Crippen molar-refractivity contribution in [1.29, 1.82) is 0 Å². The molecule has 1 aromatic rings. The summed E-state index contributed by atoms with van der Waals surface area (Å²) in [6.45, 7) is 2.18. The van der Waals surface area contributed by atoms with Crippen LogP contribution in [0.15, 0.2) is 22.7 Å². The molecule has 0 heterocycles. The number of rotatable bonds is 3. The lowest BCUT2D eigenvalue weighted by molar-refractivity contribution is 0.0445. The Morgan fingerprint density at radius 3 is 2.83 bits per heavy atom. The number of halogens is 2. The molecule has 0 spiro atoms. The van der Waals surface area contributed by atoms with Gasteiger partial charge >= 0.3 is 0 Å². The molecule has 1 nitrogen and oxygen atoms in total. The van der Waals surface area contributed by atoms with Crippen molar-refractivity contribution in [3.63, 3.8) is 0 Å². The van der Waals surface area contributed by atoms with Gasteiger partial charge in [0.1, 0.15) is 5.82 Å². The van der Waals surface area contributed by atoms with E-state index in [1.165, 1.54) is 31.4 Å². The van der Waals surface area contributed by atoms with Crippen LogP contribution in [-0.4, -0.2) is 5.11 Å². The first-order chi connectivity index (χ1) is 8.63. The molecule has 1 aromatic carbocycles. The van der Waals surface area contributed by atoms with Crippen molar-refractivity contribution in [3.8, 4) is 0 Å². The van der Waals surface area contributed by atoms with Crippen LogP contribution in [0.3, 0.4) is 0 Å². The molecule has 18 heavy (non-hydrogen) atoms. The molecule has 0 saturated heterocycles. The van der Waals surface area contributed by atoms with Gasteiger partial charge in [-0.1, -0.05) is 48.5 Å². The normalized spacial score (nSPS) is 26.0. The Labute approximate surface area is 117 Å². The van der Waals surface area contributed by atoms with Crippen molar-refractivity contribution >= 4 is 15.9 Å². The van der Waals surface area contributed by atoms with Gasteiger partial charge in [-0.05, 0) is 42.0 Å². The quantitative estimate of drug-likeness (QED) is 0.846. The molecule has 0 amide bonds. The van der Waals surface area contributed by atoms with Crippen LogP contribution in [0.25, 0.3) is 0 Å². The molecular formula is C15H20BrFO. The molecule has 3 unspecified atom stereocenters. The Morgan fingerprint density at radius 2 is 2.11 bits per heavy atom. The lowest BCUT2D eigenvalue weighted by atomic mass is 9.73.